The molecule has 0 heterocycles. The molecule has 3 saturated carbocycles. The van der Waals surface area contributed by atoms with Crippen LogP contribution in [0.3, 0.4) is 0 Å². The van der Waals surface area contributed by atoms with Gasteiger partial charge in [-0.2, -0.15) is 0 Å². The summed E-state index contributed by atoms with van der Waals surface area (Å²) < 4.78 is 4.96. The van der Waals surface area contributed by atoms with Gasteiger partial charge in [-0.05, 0) is 31.1 Å². The van der Waals surface area contributed by atoms with Crippen molar-refractivity contribution in [3.63, 3.8) is 0 Å². The molecule has 3 fully saturated rings. The summed E-state index contributed by atoms with van der Waals surface area (Å²) in [6.07, 6.45) is 2.41. The monoisotopic (exact) mass is 239 g/mol. The van der Waals surface area contributed by atoms with Crippen LogP contribution >= 0.6 is 0 Å². The van der Waals surface area contributed by atoms with Crippen molar-refractivity contribution in [3.05, 3.63) is 0 Å². The van der Waals surface area contributed by atoms with E-state index in [0.29, 0.717) is 24.9 Å². The van der Waals surface area contributed by atoms with E-state index in [0.717, 1.165) is 18.6 Å². The van der Waals surface area contributed by atoms with Gasteiger partial charge in [0.1, 0.15) is 0 Å². The molecule has 17 heavy (non-hydrogen) atoms. The first kappa shape index (κ1) is 12.4. The number of nitrogens with zero attached hydrogens (tertiary/aromatic N) is 1. The van der Waals surface area contributed by atoms with E-state index in [-0.39, 0.29) is 17.3 Å². The number of carbonyl (C=O) groups excluding carboxylic acids is 1. The van der Waals surface area contributed by atoms with E-state index in [1.54, 1.807) is 6.92 Å². The van der Waals surface area contributed by atoms with Crippen molar-refractivity contribution in [2.24, 2.45) is 28.3 Å². The van der Waals surface area contributed by atoms with Crippen LogP contribution in [0.5, 0.6) is 0 Å². The third-order valence-corrected chi connectivity index (χ3v) is 4.65. The highest BCUT2D eigenvalue weighted by atomic mass is 16.5. The molecule has 0 unspecified atom stereocenters. The molecular weight excluding hydrogens is 218 g/mol. The van der Waals surface area contributed by atoms with E-state index in [1.807, 2.05) is 0 Å². The number of oxime groups is 1. The molecule has 96 valence electrons. The Labute approximate surface area is 102 Å². The molecule has 4 heteroatoms. The minimum Gasteiger partial charge on any atom is -0.466 e. The maximum absolute atomic E-state index is 11.5. The molecule has 0 aromatic heterocycles. The fraction of sp³-hybridized carbons (Fsp3) is 0.846. The van der Waals surface area contributed by atoms with Gasteiger partial charge in [-0.1, -0.05) is 19.0 Å². The van der Waals surface area contributed by atoms with Crippen LogP contribution in [0, 0.1) is 23.2 Å². The Morgan fingerprint density at radius 1 is 1.53 bits per heavy atom. The van der Waals surface area contributed by atoms with Gasteiger partial charge in [0.25, 0.3) is 0 Å². The van der Waals surface area contributed by atoms with Gasteiger partial charge in [-0.25, -0.2) is 0 Å². The van der Waals surface area contributed by atoms with Crippen LogP contribution < -0.4 is 0 Å². The van der Waals surface area contributed by atoms with Crippen LogP contribution in [0.1, 0.15) is 40.0 Å². The zero-order valence-electron chi connectivity index (χ0n) is 10.8. The van der Waals surface area contributed by atoms with E-state index in [4.69, 9.17) is 9.94 Å². The molecule has 0 spiro atoms. The molecule has 3 aliphatic carbocycles. The first-order chi connectivity index (χ1) is 8.00. The number of rotatable bonds is 3. The minimum atomic E-state index is -0.183. The first-order valence-corrected chi connectivity index (χ1v) is 6.38. The van der Waals surface area contributed by atoms with Crippen molar-refractivity contribution in [2.45, 2.75) is 40.0 Å². The van der Waals surface area contributed by atoms with E-state index in [1.165, 1.54) is 0 Å². The van der Waals surface area contributed by atoms with Gasteiger partial charge < -0.3 is 9.94 Å². The number of esters is 1. The Kier molecular flexibility index (Phi) is 3.15. The molecule has 3 atom stereocenters. The largest absolute Gasteiger partial charge is 0.466 e. The normalized spacial score (nSPS) is 36.4. The highest BCUT2D eigenvalue weighted by molar-refractivity contribution is 5.94. The predicted molar refractivity (Wildman–Crippen MR) is 64.0 cm³/mol. The molecule has 0 aromatic rings. The van der Waals surface area contributed by atoms with Crippen LogP contribution in [0.25, 0.3) is 0 Å². The maximum Gasteiger partial charge on any atom is 0.306 e. The molecule has 0 radical (unpaired) electrons. The number of fused-ring (bicyclic) bond motifs is 2. The average molecular weight is 239 g/mol. The molecule has 0 aliphatic heterocycles. The van der Waals surface area contributed by atoms with Crippen molar-refractivity contribution in [2.75, 3.05) is 6.61 Å². The van der Waals surface area contributed by atoms with Gasteiger partial charge in [-0.15, -0.1) is 0 Å². The predicted octanol–water partition coefficient (Wildman–Crippen LogP) is 2.45. The van der Waals surface area contributed by atoms with E-state index >= 15 is 0 Å². The minimum absolute atomic E-state index is 0.0795. The van der Waals surface area contributed by atoms with Crippen LogP contribution in [-0.4, -0.2) is 23.5 Å². The first-order valence-electron chi connectivity index (χ1n) is 6.38. The summed E-state index contributed by atoms with van der Waals surface area (Å²) in [5.41, 5.74) is 1.04. The molecule has 0 saturated heterocycles. The third kappa shape index (κ3) is 1.94. The fourth-order valence-corrected chi connectivity index (χ4v) is 3.43. The van der Waals surface area contributed by atoms with Gasteiger partial charge in [0, 0.05) is 11.8 Å². The highest BCUT2D eigenvalue weighted by Crippen LogP contribution is 2.59. The lowest BCUT2D eigenvalue weighted by Crippen LogP contribution is -2.56. The average Bonchev–Trinajstić information content (AvgIpc) is 2.28. The second kappa shape index (κ2) is 4.31. The summed E-state index contributed by atoms with van der Waals surface area (Å²) in [5.74, 6) is 0.886. The Bertz CT molecular complexity index is 349. The van der Waals surface area contributed by atoms with Gasteiger partial charge >= 0.3 is 5.97 Å². The summed E-state index contributed by atoms with van der Waals surface area (Å²) in [4.78, 5) is 11.5. The molecule has 3 rings (SSSR count). The second-order valence-electron chi connectivity index (χ2n) is 5.77. The van der Waals surface area contributed by atoms with Gasteiger partial charge in [0.2, 0.25) is 0 Å². The zero-order chi connectivity index (χ0) is 12.6. The lowest BCUT2D eigenvalue weighted by Gasteiger charge is -2.58. The van der Waals surface area contributed by atoms with Gasteiger partial charge in [0.05, 0.1) is 18.7 Å². The standard InChI is InChI=1S/C13H21NO3/c1-4-17-11(15)6-8-5-9-7-10(12(8)14-16)13(9,2)3/h8-10,16H,4-7H2,1-3H3/b14-12+/t8-,9+,10+/m1/s1. The van der Waals surface area contributed by atoms with Crippen LogP contribution in [-0.2, 0) is 9.53 Å². The molecule has 3 aliphatic rings. The lowest BCUT2D eigenvalue weighted by molar-refractivity contribution is -0.144. The van der Waals surface area contributed by atoms with Crippen molar-refractivity contribution < 1.29 is 14.7 Å². The smallest absolute Gasteiger partial charge is 0.306 e. The molecular formula is C13H21NO3. The Morgan fingerprint density at radius 3 is 2.76 bits per heavy atom. The van der Waals surface area contributed by atoms with Crippen LogP contribution in [0.2, 0.25) is 0 Å². The van der Waals surface area contributed by atoms with E-state index in [2.05, 4.69) is 19.0 Å². The van der Waals surface area contributed by atoms with Gasteiger partial charge in [-0.3, -0.25) is 4.79 Å². The Balaban J connectivity index is 2.04. The fourth-order valence-electron chi connectivity index (χ4n) is 3.43. The summed E-state index contributed by atoms with van der Waals surface area (Å²) in [5, 5.41) is 12.6. The van der Waals surface area contributed by atoms with Crippen LogP contribution in [0.15, 0.2) is 5.16 Å². The summed E-state index contributed by atoms with van der Waals surface area (Å²) in [7, 11) is 0. The number of hydrogen-bond donors (Lipinski definition) is 1. The highest BCUT2D eigenvalue weighted by Gasteiger charge is 2.56. The third-order valence-electron chi connectivity index (χ3n) is 4.65. The zero-order valence-corrected chi connectivity index (χ0v) is 10.8. The van der Waals surface area contributed by atoms with E-state index in [9.17, 15) is 4.79 Å². The second-order valence-corrected chi connectivity index (χ2v) is 5.77. The molecule has 1 N–H and O–H groups in total. The molecule has 0 aromatic carbocycles. The van der Waals surface area contributed by atoms with Crippen LogP contribution in [0.4, 0.5) is 0 Å². The van der Waals surface area contributed by atoms with Crippen molar-refractivity contribution in [1.29, 1.82) is 0 Å². The Morgan fingerprint density at radius 2 is 2.24 bits per heavy atom. The maximum atomic E-state index is 11.5. The summed E-state index contributed by atoms with van der Waals surface area (Å²) in [6, 6.07) is 0. The Hall–Kier alpha value is -1.06. The molecule has 4 nitrogen and oxygen atoms in total. The number of ether oxygens (including phenoxy) is 1. The summed E-state index contributed by atoms with van der Waals surface area (Å²) in [6.45, 7) is 6.66. The van der Waals surface area contributed by atoms with Crippen molar-refractivity contribution in [3.8, 4) is 0 Å². The lowest BCUT2D eigenvalue weighted by atomic mass is 9.46. The molecule has 0 amide bonds. The topological polar surface area (TPSA) is 58.9 Å². The number of hydrogen-bond acceptors (Lipinski definition) is 4. The summed E-state index contributed by atoms with van der Waals surface area (Å²) >= 11 is 0. The van der Waals surface area contributed by atoms with Crippen molar-refractivity contribution >= 4 is 11.7 Å². The van der Waals surface area contributed by atoms with E-state index < -0.39 is 0 Å². The van der Waals surface area contributed by atoms with Gasteiger partial charge in [0.15, 0.2) is 0 Å². The SMILES string of the molecule is CCOC(=O)C[C@H]1C[C@H]2C[C@@H](/C1=N/O)C2(C)C. The number of carbonyl (C=O) groups is 1. The molecule has 2 bridgehead atoms. The van der Waals surface area contributed by atoms with Crippen molar-refractivity contribution in [1.82, 2.24) is 0 Å². The quantitative estimate of drug-likeness (QED) is 0.467.